The normalized spacial score (nSPS) is 27.1. The summed E-state index contributed by atoms with van der Waals surface area (Å²) in [5, 5.41) is 3.01. The van der Waals surface area contributed by atoms with Crippen molar-refractivity contribution in [1.82, 2.24) is 10.3 Å². The van der Waals surface area contributed by atoms with E-state index in [0.717, 1.165) is 13.0 Å². The molecule has 0 bridgehead atoms. The molecule has 1 amide bonds. The molecule has 1 aromatic rings. The third-order valence-corrected chi connectivity index (χ3v) is 3.54. The molecule has 0 spiro atoms. The van der Waals surface area contributed by atoms with Crippen LogP contribution in [0.15, 0.2) is 18.2 Å². The van der Waals surface area contributed by atoms with Crippen LogP contribution >= 0.6 is 0 Å². The predicted octanol–water partition coefficient (Wildman–Crippen LogP) is 0.961. The highest BCUT2D eigenvalue weighted by Gasteiger charge is 2.41. The minimum Gasteiger partial charge on any atom is -0.384 e. The summed E-state index contributed by atoms with van der Waals surface area (Å²) in [4.78, 5) is 16.1. The van der Waals surface area contributed by atoms with Gasteiger partial charge in [-0.05, 0) is 37.3 Å². The number of hydrogen-bond acceptors (Lipinski definition) is 4. The molecule has 2 atom stereocenters. The van der Waals surface area contributed by atoms with Crippen LogP contribution in [-0.4, -0.2) is 29.6 Å². The fourth-order valence-electron chi connectivity index (χ4n) is 2.48. The zero-order chi connectivity index (χ0) is 12.5. The van der Waals surface area contributed by atoms with E-state index in [1.54, 1.807) is 18.2 Å². The standard InChI is InChI=1S/C13H17N3O2/c14-11-3-1-2-10(15-11)13(17)16-9-6-7-18-12(9)8-4-5-8/h1-3,8-9,12H,4-7H2,(H2,14,15)(H,16,17). The number of hydrogen-bond donors (Lipinski definition) is 2. The predicted molar refractivity (Wildman–Crippen MR) is 67.0 cm³/mol. The summed E-state index contributed by atoms with van der Waals surface area (Å²) in [6, 6.07) is 5.20. The number of ether oxygens (including phenoxy) is 1. The molecule has 1 aromatic heterocycles. The molecule has 18 heavy (non-hydrogen) atoms. The molecule has 1 saturated carbocycles. The largest absolute Gasteiger partial charge is 0.384 e. The maximum absolute atomic E-state index is 12.1. The topological polar surface area (TPSA) is 77.2 Å². The van der Waals surface area contributed by atoms with Gasteiger partial charge in [-0.1, -0.05) is 6.07 Å². The molecular formula is C13H17N3O2. The van der Waals surface area contributed by atoms with Crippen molar-refractivity contribution in [2.45, 2.75) is 31.4 Å². The molecule has 2 heterocycles. The second-order valence-electron chi connectivity index (χ2n) is 4.99. The molecule has 2 fully saturated rings. The van der Waals surface area contributed by atoms with Crippen molar-refractivity contribution < 1.29 is 9.53 Å². The van der Waals surface area contributed by atoms with E-state index in [1.807, 2.05) is 0 Å². The summed E-state index contributed by atoms with van der Waals surface area (Å²) in [7, 11) is 0. The third-order valence-electron chi connectivity index (χ3n) is 3.54. The van der Waals surface area contributed by atoms with Crippen molar-refractivity contribution >= 4 is 11.7 Å². The van der Waals surface area contributed by atoms with E-state index in [4.69, 9.17) is 10.5 Å². The minimum atomic E-state index is -0.163. The Labute approximate surface area is 106 Å². The number of carbonyl (C=O) groups is 1. The SMILES string of the molecule is Nc1cccc(C(=O)NC2CCOC2C2CC2)n1. The molecule has 3 N–H and O–H groups in total. The van der Waals surface area contributed by atoms with E-state index < -0.39 is 0 Å². The molecule has 2 aliphatic rings. The van der Waals surface area contributed by atoms with Crippen LogP contribution in [0.5, 0.6) is 0 Å². The van der Waals surface area contributed by atoms with Gasteiger partial charge in [-0.3, -0.25) is 4.79 Å². The van der Waals surface area contributed by atoms with Gasteiger partial charge in [0, 0.05) is 6.61 Å². The first kappa shape index (κ1) is 11.5. The van der Waals surface area contributed by atoms with E-state index >= 15 is 0 Å². The van der Waals surface area contributed by atoms with E-state index in [-0.39, 0.29) is 18.1 Å². The van der Waals surface area contributed by atoms with Gasteiger partial charge >= 0.3 is 0 Å². The summed E-state index contributed by atoms with van der Waals surface area (Å²) >= 11 is 0. The lowest BCUT2D eigenvalue weighted by Crippen LogP contribution is -2.41. The number of nitrogen functional groups attached to an aromatic ring is 1. The highest BCUT2D eigenvalue weighted by molar-refractivity contribution is 5.92. The van der Waals surface area contributed by atoms with Crippen molar-refractivity contribution in [3.05, 3.63) is 23.9 Å². The number of nitrogens with two attached hydrogens (primary N) is 1. The van der Waals surface area contributed by atoms with Crippen LogP contribution in [0.2, 0.25) is 0 Å². The smallest absolute Gasteiger partial charge is 0.270 e. The molecule has 1 aliphatic carbocycles. The van der Waals surface area contributed by atoms with Crippen molar-refractivity contribution in [3.8, 4) is 0 Å². The lowest BCUT2D eigenvalue weighted by molar-refractivity contribution is 0.0727. The summed E-state index contributed by atoms with van der Waals surface area (Å²) in [6.07, 6.45) is 3.51. The highest BCUT2D eigenvalue weighted by Crippen LogP contribution is 2.38. The molecule has 1 aliphatic heterocycles. The lowest BCUT2D eigenvalue weighted by Gasteiger charge is -2.19. The number of anilines is 1. The highest BCUT2D eigenvalue weighted by atomic mass is 16.5. The van der Waals surface area contributed by atoms with Gasteiger partial charge in [0.25, 0.3) is 5.91 Å². The maximum atomic E-state index is 12.1. The Hall–Kier alpha value is -1.62. The molecule has 96 valence electrons. The minimum absolute atomic E-state index is 0.119. The fourth-order valence-corrected chi connectivity index (χ4v) is 2.48. The third kappa shape index (κ3) is 2.31. The van der Waals surface area contributed by atoms with Gasteiger partial charge in [0.05, 0.1) is 12.1 Å². The van der Waals surface area contributed by atoms with Gasteiger partial charge in [0.2, 0.25) is 0 Å². The number of aromatic nitrogens is 1. The Balaban J connectivity index is 1.66. The van der Waals surface area contributed by atoms with Crippen molar-refractivity contribution in [2.75, 3.05) is 12.3 Å². The van der Waals surface area contributed by atoms with Crippen molar-refractivity contribution in [3.63, 3.8) is 0 Å². The number of carbonyl (C=O) groups excluding carboxylic acids is 1. The molecular weight excluding hydrogens is 230 g/mol. The summed E-state index contributed by atoms with van der Waals surface area (Å²) in [5.41, 5.74) is 5.95. The zero-order valence-corrected chi connectivity index (χ0v) is 10.1. The van der Waals surface area contributed by atoms with Crippen LogP contribution in [0.3, 0.4) is 0 Å². The number of pyridine rings is 1. The van der Waals surface area contributed by atoms with Crippen LogP contribution in [-0.2, 0) is 4.74 Å². The average Bonchev–Trinajstić information content (AvgIpc) is 3.10. The van der Waals surface area contributed by atoms with Gasteiger partial charge in [-0.2, -0.15) is 0 Å². The van der Waals surface area contributed by atoms with Gasteiger partial charge < -0.3 is 15.8 Å². The summed E-state index contributed by atoms with van der Waals surface area (Å²) < 4.78 is 5.69. The lowest BCUT2D eigenvalue weighted by atomic mass is 10.1. The van der Waals surface area contributed by atoms with Crippen molar-refractivity contribution in [1.29, 1.82) is 0 Å². The number of amides is 1. The first-order valence-corrected chi connectivity index (χ1v) is 6.39. The summed E-state index contributed by atoms with van der Waals surface area (Å²) in [6.45, 7) is 0.733. The van der Waals surface area contributed by atoms with E-state index in [0.29, 0.717) is 17.4 Å². The second-order valence-corrected chi connectivity index (χ2v) is 4.99. The Morgan fingerprint density at radius 2 is 2.22 bits per heavy atom. The quantitative estimate of drug-likeness (QED) is 0.834. The van der Waals surface area contributed by atoms with Crippen molar-refractivity contribution in [2.24, 2.45) is 5.92 Å². The second kappa shape index (κ2) is 4.57. The van der Waals surface area contributed by atoms with E-state index in [2.05, 4.69) is 10.3 Å². The van der Waals surface area contributed by atoms with Crippen LogP contribution in [0.4, 0.5) is 5.82 Å². The number of rotatable bonds is 3. The molecule has 0 aromatic carbocycles. The maximum Gasteiger partial charge on any atom is 0.270 e. The van der Waals surface area contributed by atoms with Crippen LogP contribution in [0.25, 0.3) is 0 Å². The van der Waals surface area contributed by atoms with Gasteiger partial charge in [0.1, 0.15) is 11.5 Å². The first-order chi connectivity index (χ1) is 8.74. The first-order valence-electron chi connectivity index (χ1n) is 6.39. The van der Waals surface area contributed by atoms with Gasteiger partial charge in [-0.25, -0.2) is 4.98 Å². The zero-order valence-electron chi connectivity index (χ0n) is 10.1. The van der Waals surface area contributed by atoms with E-state index in [1.165, 1.54) is 12.8 Å². The monoisotopic (exact) mass is 247 g/mol. The number of nitrogens with one attached hydrogen (secondary N) is 1. The Morgan fingerprint density at radius 1 is 1.39 bits per heavy atom. The van der Waals surface area contributed by atoms with Crippen LogP contribution in [0.1, 0.15) is 29.8 Å². The molecule has 3 rings (SSSR count). The van der Waals surface area contributed by atoms with Gasteiger partial charge in [0.15, 0.2) is 0 Å². The average molecular weight is 247 g/mol. The molecule has 5 nitrogen and oxygen atoms in total. The number of nitrogens with zero attached hydrogens (tertiary/aromatic N) is 1. The molecule has 1 saturated heterocycles. The Bertz CT molecular complexity index is 459. The Kier molecular flexibility index (Phi) is 2.91. The Morgan fingerprint density at radius 3 is 2.94 bits per heavy atom. The van der Waals surface area contributed by atoms with E-state index in [9.17, 15) is 4.79 Å². The molecule has 5 heteroatoms. The summed E-state index contributed by atoms with van der Waals surface area (Å²) in [5.74, 6) is 0.833. The van der Waals surface area contributed by atoms with Crippen LogP contribution in [0, 0.1) is 5.92 Å². The molecule has 2 unspecified atom stereocenters. The van der Waals surface area contributed by atoms with Gasteiger partial charge in [-0.15, -0.1) is 0 Å². The van der Waals surface area contributed by atoms with Crippen LogP contribution < -0.4 is 11.1 Å². The molecule has 0 radical (unpaired) electrons. The fraction of sp³-hybridized carbons (Fsp3) is 0.538.